The number of amides is 3. The summed E-state index contributed by atoms with van der Waals surface area (Å²) in [6, 6.07) is 8.66. The van der Waals surface area contributed by atoms with Crippen LogP contribution in [0.4, 0.5) is 4.79 Å². The van der Waals surface area contributed by atoms with Crippen molar-refractivity contribution >= 4 is 22.7 Å². The molecule has 202 valence electrons. The smallest absolute Gasteiger partial charge is 0.325 e. The summed E-state index contributed by atoms with van der Waals surface area (Å²) in [5.74, 6) is 0.824. The zero-order valence-electron chi connectivity index (χ0n) is 23.1. The SMILES string of the molecule is CC1(C)NC(=O)N(C2CCC3=CC4=CCC5(C)C(c6ccc7ccncc7c6)CCC5C45CCC3(C2)O5)C1=O. The molecule has 6 heteroatoms. The topological polar surface area (TPSA) is 71.5 Å². The molecule has 6 unspecified atom stereocenters. The van der Waals surface area contributed by atoms with Crippen molar-refractivity contribution in [1.29, 1.82) is 0 Å². The Morgan fingerprint density at radius 2 is 1.92 bits per heavy atom. The van der Waals surface area contributed by atoms with Gasteiger partial charge in [0.25, 0.3) is 5.91 Å². The number of pyridine rings is 1. The molecule has 2 spiro atoms. The lowest BCUT2D eigenvalue weighted by Crippen LogP contribution is -2.56. The van der Waals surface area contributed by atoms with Crippen molar-refractivity contribution in [2.24, 2.45) is 11.3 Å². The second-order valence-corrected chi connectivity index (χ2v) is 13.8. The summed E-state index contributed by atoms with van der Waals surface area (Å²) in [4.78, 5) is 31.9. The molecule has 3 aliphatic heterocycles. The highest BCUT2D eigenvalue weighted by atomic mass is 16.5. The first-order valence-electron chi connectivity index (χ1n) is 14.8. The third kappa shape index (κ3) is 3.04. The highest BCUT2D eigenvalue weighted by Crippen LogP contribution is 2.69. The molecular formula is C33H37N3O3. The molecule has 39 heavy (non-hydrogen) atoms. The molecule has 1 aromatic heterocycles. The highest BCUT2D eigenvalue weighted by molar-refractivity contribution is 6.06. The maximum absolute atomic E-state index is 13.1. The summed E-state index contributed by atoms with van der Waals surface area (Å²) >= 11 is 0. The average Bonchev–Trinajstić information content (AvgIpc) is 3.49. The molecule has 3 aliphatic carbocycles. The van der Waals surface area contributed by atoms with Gasteiger partial charge in [-0.1, -0.05) is 31.2 Å². The number of hydrogen-bond acceptors (Lipinski definition) is 4. The Hall–Kier alpha value is -2.99. The Bertz CT molecular complexity index is 1510. The first-order chi connectivity index (χ1) is 18.7. The van der Waals surface area contributed by atoms with E-state index < -0.39 is 5.54 Å². The Labute approximate surface area is 229 Å². The van der Waals surface area contributed by atoms with Gasteiger partial charge in [0.05, 0.1) is 11.2 Å². The van der Waals surface area contributed by atoms with Gasteiger partial charge in [0.1, 0.15) is 5.54 Å². The average molecular weight is 524 g/mol. The Kier molecular flexibility index (Phi) is 4.65. The van der Waals surface area contributed by atoms with Gasteiger partial charge < -0.3 is 10.1 Å². The summed E-state index contributed by atoms with van der Waals surface area (Å²) < 4.78 is 7.41. The van der Waals surface area contributed by atoms with E-state index in [2.05, 4.69) is 53.6 Å². The lowest BCUT2D eigenvalue weighted by atomic mass is 9.58. The molecule has 2 bridgehead atoms. The van der Waals surface area contributed by atoms with Crippen LogP contribution in [0.1, 0.15) is 83.6 Å². The number of carbonyl (C=O) groups is 2. The molecule has 4 fully saturated rings. The van der Waals surface area contributed by atoms with Crippen LogP contribution in [-0.2, 0) is 9.53 Å². The van der Waals surface area contributed by atoms with E-state index in [9.17, 15) is 9.59 Å². The molecule has 2 aromatic rings. The van der Waals surface area contributed by atoms with Crippen molar-refractivity contribution in [3.05, 3.63) is 65.5 Å². The third-order valence-corrected chi connectivity index (χ3v) is 11.5. The molecule has 2 saturated heterocycles. The first kappa shape index (κ1) is 23.9. The van der Waals surface area contributed by atoms with Crippen LogP contribution in [0, 0.1) is 11.3 Å². The van der Waals surface area contributed by atoms with E-state index in [0.29, 0.717) is 18.3 Å². The number of imide groups is 1. The first-order valence-corrected chi connectivity index (χ1v) is 14.8. The number of fused-ring (bicyclic) bond motifs is 2. The molecule has 6 nitrogen and oxygen atoms in total. The van der Waals surface area contributed by atoms with E-state index in [4.69, 9.17) is 4.74 Å². The number of urea groups is 1. The van der Waals surface area contributed by atoms with Crippen molar-refractivity contribution in [3.63, 3.8) is 0 Å². The minimum absolute atomic E-state index is 0.111. The fourth-order valence-corrected chi connectivity index (χ4v) is 9.58. The normalized spacial score (nSPS) is 40.1. The number of allylic oxidation sites excluding steroid dienone is 1. The molecule has 3 amide bonds. The van der Waals surface area contributed by atoms with Crippen molar-refractivity contribution in [1.82, 2.24) is 15.2 Å². The van der Waals surface area contributed by atoms with Crippen LogP contribution in [0.15, 0.2) is 60.0 Å². The van der Waals surface area contributed by atoms with Crippen molar-refractivity contribution in [2.45, 2.75) is 101 Å². The summed E-state index contributed by atoms with van der Waals surface area (Å²) in [5, 5.41) is 5.34. The fraction of sp³-hybridized carbons (Fsp3) is 0.545. The van der Waals surface area contributed by atoms with Crippen molar-refractivity contribution in [2.75, 3.05) is 0 Å². The lowest BCUT2D eigenvalue weighted by Gasteiger charge is -2.54. The van der Waals surface area contributed by atoms with Gasteiger partial charge in [0.15, 0.2) is 0 Å². The van der Waals surface area contributed by atoms with Gasteiger partial charge in [-0.05, 0) is 110 Å². The van der Waals surface area contributed by atoms with Gasteiger partial charge in [0.2, 0.25) is 0 Å². The van der Waals surface area contributed by atoms with Crippen LogP contribution in [0.3, 0.4) is 0 Å². The number of nitrogens with zero attached hydrogens (tertiary/aromatic N) is 2. The largest absolute Gasteiger partial charge is 0.359 e. The minimum atomic E-state index is -0.839. The van der Waals surface area contributed by atoms with Crippen LogP contribution >= 0.6 is 0 Å². The third-order valence-electron chi connectivity index (χ3n) is 11.5. The number of ether oxygens (including phenoxy) is 1. The molecule has 1 aromatic carbocycles. The summed E-state index contributed by atoms with van der Waals surface area (Å²) in [7, 11) is 0. The molecule has 6 aliphatic rings. The Morgan fingerprint density at radius 1 is 1.05 bits per heavy atom. The van der Waals surface area contributed by atoms with Gasteiger partial charge in [0, 0.05) is 30.2 Å². The van der Waals surface area contributed by atoms with E-state index in [0.717, 1.165) is 38.5 Å². The quantitative estimate of drug-likeness (QED) is 0.478. The van der Waals surface area contributed by atoms with Gasteiger partial charge in [-0.25, -0.2) is 4.79 Å². The molecule has 2 saturated carbocycles. The minimum Gasteiger partial charge on any atom is -0.359 e. The number of carbonyl (C=O) groups excluding carboxylic acids is 2. The van der Waals surface area contributed by atoms with Crippen LogP contribution in [-0.4, -0.2) is 44.6 Å². The summed E-state index contributed by atoms with van der Waals surface area (Å²) in [6.07, 6.45) is 16.6. The summed E-state index contributed by atoms with van der Waals surface area (Å²) in [5.41, 5.74) is 2.86. The number of hydrogen-bond donors (Lipinski definition) is 1. The van der Waals surface area contributed by atoms with Gasteiger partial charge in [-0.2, -0.15) is 0 Å². The maximum Gasteiger partial charge on any atom is 0.325 e. The zero-order valence-corrected chi connectivity index (χ0v) is 23.1. The Balaban J connectivity index is 1.13. The number of nitrogens with one attached hydrogen (secondary N) is 1. The number of aromatic nitrogens is 1. The van der Waals surface area contributed by atoms with E-state index in [1.54, 1.807) is 13.8 Å². The van der Waals surface area contributed by atoms with Crippen molar-refractivity contribution in [3.8, 4) is 0 Å². The number of rotatable bonds is 2. The van der Waals surface area contributed by atoms with Crippen LogP contribution < -0.4 is 5.32 Å². The van der Waals surface area contributed by atoms with Crippen LogP contribution in [0.2, 0.25) is 0 Å². The predicted octanol–water partition coefficient (Wildman–Crippen LogP) is 6.18. The molecule has 4 heterocycles. The van der Waals surface area contributed by atoms with E-state index in [1.807, 2.05) is 12.4 Å². The van der Waals surface area contributed by atoms with Gasteiger partial charge >= 0.3 is 6.03 Å². The van der Waals surface area contributed by atoms with Crippen molar-refractivity contribution < 1.29 is 14.3 Å². The van der Waals surface area contributed by atoms with E-state index >= 15 is 0 Å². The molecule has 1 N–H and O–H groups in total. The zero-order chi connectivity index (χ0) is 26.8. The van der Waals surface area contributed by atoms with E-state index in [-0.39, 0.29) is 34.6 Å². The predicted molar refractivity (Wildman–Crippen MR) is 149 cm³/mol. The molecule has 6 atom stereocenters. The summed E-state index contributed by atoms with van der Waals surface area (Å²) in [6.45, 7) is 6.09. The standard InChI is InChI=1S/C33H37N3O3/c1-30(2)28(37)36(29(38)35-30)25-7-6-23-17-24-10-12-31(3)26(21-5-4-20-11-15-34-19-22(20)16-21)8-9-27(31)33(24)14-13-32(23,18-25)39-33/h4-5,10-11,15-17,19,25-27H,6-9,12-14,18H2,1-3H3,(H,35,38). The maximum atomic E-state index is 13.1. The fourth-order valence-electron chi connectivity index (χ4n) is 9.58. The van der Waals surface area contributed by atoms with Gasteiger partial charge in [-0.3, -0.25) is 14.7 Å². The van der Waals surface area contributed by atoms with Crippen LogP contribution in [0.25, 0.3) is 10.8 Å². The van der Waals surface area contributed by atoms with Gasteiger partial charge in [-0.15, -0.1) is 0 Å². The highest BCUT2D eigenvalue weighted by Gasteiger charge is 2.67. The number of benzene rings is 1. The second-order valence-electron chi connectivity index (χ2n) is 13.8. The molecular weight excluding hydrogens is 486 g/mol. The van der Waals surface area contributed by atoms with Crippen LogP contribution in [0.5, 0.6) is 0 Å². The molecule has 8 rings (SSSR count). The van der Waals surface area contributed by atoms with E-state index in [1.165, 1.54) is 38.8 Å². The second kappa shape index (κ2) is 7.60. The monoisotopic (exact) mass is 523 g/mol. The Morgan fingerprint density at radius 3 is 2.74 bits per heavy atom. The lowest BCUT2D eigenvalue weighted by molar-refractivity contribution is -0.145. The molecule has 0 radical (unpaired) electrons.